The summed E-state index contributed by atoms with van der Waals surface area (Å²) in [5, 5.41) is 4.93. The number of nitrogens with two attached hydrogens (primary N) is 1. The van der Waals surface area contributed by atoms with Crippen molar-refractivity contribution in [2.75, 3.05) is 12.8 Å². The van der Waals surface area contributed by atoms with Gasteiger partial charge in [-0.05, 0) is 55.0 Å². The number of hydrogen-bond acceptors (Lipinski definition) is 9. The highest BCUT2D eigenvalue weighted by Crippen LogP contribution is 2.37. The summed E-state index contributed by atoms with van der Waals surface area (Å²) in [6.45, 7) is 1.65. The molecule has 0 saturated heterocycles. The number of fused-ring (bicyclic) bond motifs is 2. The summed E-state index contributed by atoms with van der Waals surface area (Å²) in [6.07, 6.45) is 1.26. The maximum atomic E-state index is 14.9. The van der Waals surface area contributed by atoms with Gasteiger partial charge in [-0.3, -0.25) is 9.00 Å². The van der Waals surface area contributed by atoms with E-state index in [9.17, 15) is 22.3 Å². The highest BCUT2D eigenvalue weighted by atomic mass is 32.2. The molecule has 3 heterocycles. The number of methoxy groups -OCH3 is 1. The minimum Gasteiger partial charge on any atom is -0.760 e. The number of hydrogen-bond donors (Lipinski definition) is 2. The maximum absolute atomic E-state index is 14.9. The van der Waals surface area contributed by atoms with Crippen LogP contribution in [0.2, 0.25) is 0 Å². The first-order valence-corrected chi connectivity index (χ1v) is 14.2. The van der Waals surface area contributed by atoms with E-state index in [-0.39, 0.29) is 40.2 Å². The molecule has 14 heteroatoms. The average molecular weight is 618 g/mol. The summed E-state index contributed by atoms with van der Waals surface area (Å²) in [6, 6.07) is 13.7. The Hall–Kier alpha value is -5.05. The summed E-state index contributed by atoms with van der Waals surface area (Å²) in [7, 11) is 1.46. The van der Waals surface area contributed by atoms with Crippen molar-refractivity contribution in [3.63, 3.8) is 0 Å². The van der Waals surface area contributed by atoms with Crippen LogP contribution in [0.5, 0.6) is 5.75 Å². The van der Waals surface area contributed by atoms with Crippen LogP contribution in [0.3, 0.4) is 0 Å². The first kappa shape index (κ1) is 29.0. The zero-order chi connectivity index (χ0) is 31.1. The molecule has 0 amide bonds. The van der Waals surface area contributed by atoms with Gasteiger partial charge < -0.3 is 19.4 Å². The molecule has 0 aliphatic heterocycles. The number of rotatable bonds is 8. The Kier molecular flexibility index (Phi) is 7.63. The molecule has 0 spiro atoms. The lowest BCUT2D eigenvalue weighted by atomic mass is 9.99. The van der Waals surface area contributed by atoms with Crippen molar-refractivity contribution in [2.45, 2.75) is 19.5 Å². The molecule has 1 unspecified atom stereocenters. The molecule has 6 aromatic rings. The molecular formula is C30H23F2N6O5S-. The third-order valence-corrected chi connectivity index (χ3v) is 7.59. The predicted molar refractivity (Wildman–Crippen MR) is 159 cm³/mol. The molecule has 3 N–H and O–H groups in total. The smallest absolute Gasteiger partial charge is 0.203 e. The van der Waals surface area contributed by atoms with Gasteiger partial charge in [0, 0.05) is 28.9 Å². The maximum Gasteiger partial charge on any atom is 0.203 e. The van der Waals surface area contributed by atoms with Crippen LogP contribution in [-0.2, 0) is 17.8 Å². The Morgan fingerprint density at radius 3 is 2.64 bits per heavy atom. The predicted octanol–water partition coefficient (Wildman–Crippen LogP) is 4.63. The van der Waals surface area contributed by atoms with Crippen LogP contribution < -0.4 is 20.6 Å². The highest BCUT2D eigenvalue weighted by Gasteiger charge is 2.28. The third kappa shape index (κ3) is 5.08. The SMILES string of the molecule is COc1ccc(-c2nn([C@H](C)c3oc4cccc(F)c4c(=O)c3-c3cccc(F)c3)c3ncnc(N)c23)cc1CNS(=O)[O-]. The molecule has 0 radical (unpaired) electrons. The molecule has 11 nitrogen and oxygen atoms in total. The molecule has 224 valence electrons. The second-order valence-electron chi connectivity index (χ2n) is 9.80. The van der Waals surface area contributed by atoms with E-state index in [1.807, 2.05) is 0 Å². The van der Waals surface area contributed by atoms with Crippen molar-refractivity contribution in [3.05, 3.63) is 100 Å². The van der Waals surface area contributed by atoms with Crippen molar-refractivity contribution in [1.29, 1.82) is 0 Å². The van der Waals surface area contributed by atoms with Gasteiger partial charge in [0.1, 0.15) is 58.0 Å². The monoisotopic (exact) mass is 617 g/mol. The number of ether oxygens (including phenoxy) is 1. The summed E-state index contributed by atoms with van der Waals surface area (Å²) < 4.78 is 66.9. The van der Waals surface area contributed by atoms with Crippen molar-refractivity contribution >= 4 is 39.1 Å². The molecular weight excluding hydrogens is 594 g/mol. The van der Waals surface area contributed by atoms with Gasteiger partial charge in [0.25, 0.3) is 0 Å². The van der Waals surface area contributed by atoms with E-state index >= 15 is 0 Å². The summed E-state index contributed by atoms with van der Waals surface area (Å²) >= 11 is -2.51. The average Bonchev–Trinajstić information content (AvgIpc) is 3.40. The van der Waals surface area contributed by atoms with Gasteiger partial charge in [0.05, 0.1) is 18.1 Å². The van der Waals surface area contributed by atoms with Crippen LogP contribution in [0.15, 0.2) is 76.2 Å². The molecule has 2 atom stereocenters. The Labute approximate surface area is 250 Å². The largest absolute Gasteiger partial charge is 0.760 e. The molecule has 6 rings (SSSR count). The Balaban J connectivity index is 1.59. The van der Waals surface area contributed by atoms with Crippen LogP contribution in [0.1, 0.15) is 24.3 Å². The lowest BCUT2D eigenvalue weighted by Crippen LogP contribution is -2.17. The van der Waals surface area contributed by atoms with Gasteiger partial charge in [-0.15, -0.1) is 0 Å². The molecule has 3 aromatic heterocycles. The number of anilines is 1. The Bertz CT molecular complexity index is 2150. The van der Waals surface area contributed by atoms with E-state index in [1.165, 1.54) is 54.5 Å². The van der Waals surface area contributed by atoms with Crippen LogP contribution in [0.4, 0.5) is 14.6 Å². The topological polar surface area (TPSA) is 161 Å². The van der Waals surface area contributed by atoms with E-state index in [0.717, 1.165) is 6.07 Å². The Morgan fingerprint density at radius 2 is 1.89 bits per heavy atom. The number of nitrogens with one attached hydrogen (secondary N) is 1. The van der Waals surface area contributed by atoms with Gasteiger partial charge in [-0.1, -0.05) is 18.2 Å². The van der Waals surface area contributed by atoms with Gasteiger partial charge in [0.15, 0.2) is 5.65 Å². The number of nitrogens with zero attached hydrogens (tertiary/aromatic N) is 4. The molecule has 44 heavy (non-hydrogen) atoms. The van der Waals surface area contributed by atoms with Crippen molar-refractivity contribution in [3.8, 4) is 28.1 Å². The molecule has 0 saturated carbocycles. The summed E-state index contributed by atoms with van der Waals surface area (Å²) in [5.74, 6) is -0.715. The lowest BCUT2D eigenvalue weighted by molar-refractivity contribution is 0.409. The molecule has 0 fully saturated rings. The summed E-state index contributed by atoms with van der Waals surface area (Å²) in [4.78, 5) is 22.4. The summed E-state index contributed by atoms with van der Waals surface area (Å²) in [5.41, 5.74) is 7.52. The lowest BCUT2D eigenvalue weighted by Gasteiger charge is -2.17. The fraction of sp³-hybridized carbons (Fsp3) is 0.133. The van der Waals surface area contributed by atoms with Crippen LogP contribution in [0.25, 0.3) is 44.4 Å². The third-order valence-electron chi connectivity index (χ3n) is 7.21. The van der Waals surface area contributed by atoms with Gasteiger partial charge >= 0.3 is 0 Å². The Morgan fingerprint density at radius 1 is 1.09 bits per heavy atom. The molecule has 0 aliphatic rings. The quantitative estimate of drug-likeness (QED) is 0.232. The highest BCUT2D eigenvalue weighted by molar-refractivity contribution is 7.77. The van der Waals surface area contributed by atoms with Crippen LogP contribution >= 0.6 is 0 Å². The first-order chi connectivity index (χ1) is 21.2. The minimum atomic E-state index is -2.51. The zero-order valence-electron chi connectivity index (χ0n) is 23.2. The van der Waals surface area contributed by atoms with Crippen molar-refractivity contribution in [2.24, 2.45) is 0 Å². The number of benzene rings is 3. The van der Waals surface area contributed by atoms with Crippen molar-refractivity contribution in [1.82, 2.24) is 24.5 Å². The fourth-order valence-electron chi connectivity index (χ4n) is 5.21. The van der Waals surface area contributed by atoms with E-state index in [1.54, 1.807) is 25.1 Å². The van der Waals surface area contributed by atoms with Gasteiger partial charge in [0.2, 0.25) is 5.43 Å². The fourth-order valence-corrected chi connectivity index (χ4v) is 5.48. The zero-order valence-corrected chi connectivity index (χ0v) is 24.0. The molecule has 3 aromatic carbocycles. The van der Waals surface area contributed by atoms with Gasteiger partial charge in [-0.25, -0.2) is 28.2 Å². The number of nitrogen functional groups attached to an aromatic ring is 1. The number of halogens is 2. The minimum absolute atomic E-state index is 0.00545. The molecule has 0 bridgehead atoms. The standard InChI is InChI=1S/C30H24F2N6O5S/c1-15(28-23(16-5-3-6-19(31)12-16)27(39)24-20(32)7-4-8-22(24)43-28)38-30-25(29(33)34-14-35-30)26(37-38)17-9-10-21(42-2)18(11-17)13-36-44(40)41/h3-12,14-15,36H,13H2,1-2H3,(H,40,41)(H2,33,34,35)/p-1/t15-/m1/s1. The normalized spacial score (nSPS) is 12.9. The number of aromatic nitrogens is 4. The van der Waals surface area contributed by atoms with Crippen molar-refractivity contribution < 1.29 is 26.7 Å². The van der Waals surface area contributed by atoms with E-state index in [0.29, 0.717) is 33.6 Å². The van der Waals surface area contributed by atoms with Gasteiger partial charge in [-0.2, -0.15) is 5.10 Å². The second kappa shape index (κ2) is 11.6. The second-order valence-corrected chi connectivity index (χ2v) is 10.6. The van der Waals surface area contributed by atoms with E-state index < -0.39 is 34.4 Å². The molecule has 0 aliphatic carbocycles. The van der Waals surface area contributed by atoms with Crippen LogP contribution in [-0.4, -0.2) is 35.6 Å². The first-order valence-electron chi connectivity index (χ1n) is 13.2. The van der Waals surface area contributed by atoms with E-state index in [2.05, 4.69) is 14.7 Å². The van der Waals surface area contributed by atoms with Crippen LogP contribution in [0, 0.1) is 11.6 Å². The van der Waals surface area contributed by atoms with E-state index in [4.69, 9.17) is 20.0 Å².